The summed E-state index contributed by atoms with van der Waals surface area (Å²) in [6.07, 6.45) is 52.8. The van der Waals surface area contributed by atoms with Crippen LogP contribution in [0.1, 0.15) is 226 Å². The first-order valence-corrected chi connectivity index (χ1v) is 28.2. The minimum absolute atomic E-state index is 0.0416. The number of rotatable bonds is 47. The van der Waals surface area contributed by atoms with Crippen molar-refractivity contribution in [1.82, 2.24) is 5.32 Å². The fourth-order valence-corrected chi connectivity index (χ4v) is 8.19. The third-order valence-corrected chi connectivity index (χ3v) is 12.8. The van der Waals surface area contributed by atoms with Crippen LogP contribution < -0.4 is 5.32 Å². The van der Waals surface area contributed by atoms with Gasteiger partial charge >= 0.3 is 5.97 Å². The van der Waals surface area contributed by atoms with E-state index in [2.05, 4.69) is 79.9 Å². The summed E-state index contributed by atoms with van der Waals surface area (Å²) in [7, 11) is 0. The normalized spacial score (nSPS) is 19.8. The summed E-state index contributed by atoms with van der Waals surface area (Å²) in [5.41, 5.74) is 0. The molecular weight excluding hydrogens is 883 g/mol. The number of ether oxygens (including phenoxy) is 3. The Balaban J connectivity index is 2.15. The molecule has 0 spiro atoms. The fraction of sp³-hybridized carbons (Fsp3) is 0.763. The summed E-state index contributed by atoms with van der Waals surface area (Å²) in [6, 6.07) is -0.843. The molecule has 7 atom stereocenters. The Bertz CT molecular complexity index is 1390. The lowest BCUT2D eigenvalue weighted by Gasteiger charge is -2.40. The van der Waals surface area contributed by atoms with E-state index in [4.69, 9.17) is 14.2 Å². The second-order valence-corrected chi connectivity index (χ2v) is 19.3. The summed E-state index contributed by atoms with van der Waals surface area (Å²) >= 11 is 0. The quantitative estimate of drug-likeness (QED) is 0.0149. The van der Waals surface area contributed by atoms with Gasteiger partial charge in [-0.05, 0) is 103 Å². The number of carbonyl (C=O) groups is 2. The Morgan fingerprint density at radius 3 is 1.50 bits per heavy atom. The molecule has 1 aliphatic rings. The van der Waals surface area contributed by atoms with Gasteiger partial charge in [-0.25, -0.2) is 0 Å². The largest absolute Gasteiger partial charge is 0.466 e. The van der Waals surface area contributed by atoms with Crippen molar-refractivity contribution in [1.29, 1.82) is 0 Å². The molecular formula is C59H103NO10. The molecule has 1 fully saturated rings. The molecule has 70 heavy (non-hydrogen) atoms. The van der Waals surface area contributed by atoms with Gasteiger partial charge in [0.1, 0.15) is 24.4 Å². The molecule has 11 nitrogen and oxygen atoms in total. The van der Waals surface area contributed by atoms with E-state index in [1.165, 1.54) is 96.3 Å². The molecule has 0 radical (unpaired) electrons. The highest BCUT2D eigenvalue weighted by Crippen LogP contribution is 2.23. The molecule has 6 N–H and O–H groups in total. The van der Waals surface area contributed by atoms with Crippen LogP contribution in [0.2, 0.25) is 0 Å². The molecule has 1 amide bonds. The zero-order valence-electron chi connectivity index (χ0n) is 44.2. The predicted octanol–water partition coefficient (Wildman–Crippen LogP) is 12.4. The summed E-state index contributed by atoms with van der Waals surface area (Å²) in [6.45, 7) is 4.16. The van der Waals surface area contributed by atoms with Gasteiger partial charge in [0, 0.05) is 12.8 Å². The number of allylic oxidation sites excluding steroid dienone is 11. The molecule has 0 saturated carbocycles. The maximum absolute atomic E-state index is 13.0. The van der Waals surface area contributed by atoms with E-state index < -0.39 is 49.5 Å². The van der Waals surface area contributed by atoms with Crippen molar-refractivity contribution in [2.24, 2.45) is 0 Å². The second kappa shape index (κ2) is 48.4. The number of hydrogen-bond acceptors (Lipinski definition) is 10. The molecule has 1 aliphatic heterocycles. The topological polar surface area (TPSA) is 175 Å². The lowest BCUT2D eigenvalue weighted by molar-refractivity contribution is -0.302. The van der Waals surface area contributed by atoms with Gasteiger partial charge in [-0.1, -0.05) is 183 Å². The van der Waals surface area contributed by atoms with Gasteiger partial charge in [0.25, 0.3) is 0 Å². The van der Waals surface area contributed by atoms with Gasteiger partial charge in [0.2, 0.25) is 5.91 Å². The van der Waals surface area contributed by atoms with Crippen LogP contribution in [0.15, 0.2) is 72.9 Å². The number of carbonyl (C=O) groups excluding carboxylic acids is 2. The number of aliphatic hydroxyl groups is 5. The zero-order valence-corrected chi connectivity index (χ0v) is 44.2. The van der Waals surface area contributed by atoms with Gasteiger partial charge in [-0.15, -0.1) is 0 Å². The van der Waals surface area contributed by atoms with E-state index in [-0.39, 0.29) is 18.5 Å². The Labute approximate surface area is 426 Å². The van der Waals surface area contributed by atoms with Gasteiger partial charge in [-0.3, -0.25) is 9.59 Å². The molecule has 1 rings (SSSR count). The van der Waals surface area contributed by atoms with Crippen molar-refractivity contribution >= 4 is 11.9 Å². The minimum Gasteiger partial charge on any atom is -0.466 e. The number of unbranched alkanes of at least 4 members (excludes halogenated alkanes) is 24. The molecule has 0 aromatic carbocycles. The summed E-state index contributed by atoms with van der Waals surface area (Å²) < 4.78 is 16.6. The molecule has 0 aromatic rings. The monoisotopic (exact) mass is 986 g/mol. The van der Waals surface area contributed by atoms with Crippen LogP contribution in [0, 0.1) is 0 Å². The second-order valence-electron chi connectivity index (χ2n) is 19.3. The Hall–Kier alpha value is -2.90. The van der Waals surface area contributed by atoms with Crippen molar-refractivity contribution in [2.45, 2.75) is 269 Å². The van der Waals surface area contributed by atoms with Gasteiger partial charge in [0.05, 0.1) is 32.0 Å². The molecule has 0 aromatic heterocycles. The molecule has 11 heteroatoms. The van der Waals surface area contributed by atoms with Gasteiger partial charge in [-0.2, -0.15) is 0 Å². The molecule has 7 unspecified atom stereocenters. The first-order chi connectivity index (χ1) is 34.2. The zero-order chi connectivity index (χ0) is 51.0. The fourth-order valence-electron chi connectivity index (χ4n) is 8.19. The van der Waals surface area contributed by atoms with Crippen LogP contribution in [0.3, 0.4) is 0 Å². The average molecular weight is 986 g/mol. The van der Waals surface area contributed by atoms with Crippen LogP contribution in [0.25, 0.3) is 0 Å². The van der Waals surface area contributed by atoms with E-state index in [1.807, 2.05) is 6.08 Å². The number of hydrogen-bond donors (Lipinski definition) is 6. The summed E-state index contributed by atoms with van der Waals surface area (Å²) in [5, 5.41) is 54.2. The van der Waals surface area contributed by atoms with Crippen molar-refractivity contribution in [3.05, 3.63) is 72.9 Å². The predicted molar refractivity (Wildman–Crippen MR) is 287 cm³/mol. The Morgan fingerprint density at radius 1 is 0.529 bits per heavy atom. The third kappa shape index (κ3) is 37.8. The maximum Gasteiger partial charge on any atom is 0.305 e. The van der Waals surface area contributed by atoms with Crippen molar-refractivity contribution < 1.29 is 49.3 Å². The van der Waals surface area contributed by atoms with Crippen LogP contribution in [0.5, 0.6) is 0 Å². The summed E-state index contributed by atoms with van der Waals surface area (Å²) in [4.78, 5) is 25.0. The highest BCUT2D eigenvalue weighted by molar-refractivity contribution is 5.76. The van der Waals surface area contributed by atoms with Gasteiger partial charge in [0.15, 0.2) is 6.29 Å². The number of amides is 1. The third-order valence-electron chi connectivity index (χ3n) is 12.8. The Kier molecular flexibility index (Phi) is 45.0. The Morgan fingerprint density at radius 2 is 0.971 bits per heavy atom. The minimum atomic E-state index is -1.59. The average Bonchev–Trinajstić information content (AvgIpc) is 3.36. The smallest absolute Gasteiger partial charge is 0.305 e. The first-order valence-electron chi connectivity index (χ1n) is 28.2. The molecule has 0 bridgehead atoms. The van der Waals surface area contributed by atoms with Crippen molar-refractivity contribution in [3.63, 3.8) is 0 Å². The standard InChI is InChI=1S/C59H103NO10/c1-3-5-7-9-11-13-15-26-29-33-37-41-45-52(62)51(50-69-59-58(67)57(66)56(65)53(49-61)70-59)60-54(63)46-42-38-34-30-27-23-21-19-17-16-18-20-22-24-28-32-36-40-44-48-68-55(64)47-43-39-35-31-25-14-12-10-8-6-4-2/h9-12,20,22,24,26,28-29,41,45,51-53,56-59,61-62,65-67H,3-8,13-19,21,23,25,27,30-40,42-44,46-50H2,1-2H3,(H,60,63)/b11-9+,12-10-,22-20-,28-24-,29-26+,45-41+. The van der Waals surface area contributed by atoms with Crippen molar-refractivity contribution in [3.8, 4) is 0 Å². The van der Waals surface area contributed by atoms with Crippen LogP contribution in [-0.4, -0.2) is 100 Å². The molecule has 0 aliphatic carbocycles. The number of nitrogens with one attached hydrogen (secondary N) is 1. The first kappa shape index (κ1) is 65.1. The van der Waals surface area contributed by atoms with E-state index in [0.29, 0.717) is 25.9 Å². The number of aliphatic hydroxyl groups excluding tert-OH is 5. The number of esters is 1. The lowest BCUT2D eigenvalue weighted by Crippen LogP contribution is -2.60. The van der Waals surface area contributed by atoms with Crippen LogP contribution in [-0.2, 0) is 23.8 Å². The van der Waals surface area contributed by atoms with E-state index in [9.17, 15) is 35.1 Å². The molecule has 1 heterocycles. The van der Waals surface area contributed by atoms with E-state index >= 15 is 0 Å². The highest BCUT2D eigenvalue weighted by atomic mass is 16.7. The van der Waals surface area contributed by atoms with Crippen molar-refractivity contribution in [2.75, 3.05) is 19.8 Å². The van der Waals surface area contributed by atoms with E-state index in [0.717, 1.165) is 96.3 Å². The highest BCUT2D eigenvalue weighted by Gasteiger charge is 2.44. The summed E-state index contributed by atoms with van der Waals surface area (Å²) in [5.74, 6) is -0.251. The van der Waals surface area contributed by atoms with Crippen LogP contribution >= 0.6 is 0 Å². The maximum atomic E-state index is 13.0. The molecule has 1 saturated heterocycles. The molecule has 404 valence electrons. The van der Waals surface area contributed by atoms with E-state index in [1.54, 1.807) is 6.08 Å². The lowest BCUT2D eigenvalue weighted by atomic mass is 9.99. The SMILES string of the molecule is CCCC/C=C\CCCCCCCC(=O)OCCCCC/C=C\C=C/CCCCCCCCCCCCC(=O)NC(COC1OC(CO)C(O)C(O)C1O)C(O)/C=C/CC/C=C/CC/C=C/CCCC. The van der Waals surface area contributed by atoms with Crippen LogP contribution in [0.4, 0.5) is 0 Å². The van der Waals surface area contributed by atoms with Gasteiger partial charge < -0.3 is 45.1 Å².